The Labute approximate surface area is 614 Å². The molecule has 0 N–H and O–H groups in total. The lowest BCUT2D eigenvalue weighted by atomic mass is 9.80. The molecule has 0 saturated heterocycles. The van der Waals surface area contributed by atoms with Crippen molar-refractivity contribution < 1.29 is 84.2 Å². The van der Waals surface area contributed by atoms with Crippen LogP contribution in [0.1, 0.15) is 100 Å². The summed E-state index contributed by atoms with van der Waals surface area (Å²) < 4.78 is 510. The van der Waals surface area contributed by atoms with E-state index in [9.17, 15) is 26.0 Å². The Morgan fingerprint density at radius 1 is 0.247 bits per heavy atom. The number of fused-ring (bicyclic) bond motifs is 18. The summed E-state index contributed by atoms with van der Waals surface area (Å²) in [4.78, 5) is 0. The van der Waals surface area contributed by atoms with Crippen molar-refractivity contribution in [3.05, 3.63) is 325 Å². The number of hydrogen-bond acceptors (Lipinski definition) is 2. The van der Waals surface area contributed by atoms with E-state index in [1.54, 1.807) is 0 Å². The first-order valence-electron chi connectivity index (χ1n) is 55.3. The summed E-state index contributed by atoms with van der Waals surface area (Å²) >= 11 is 0. The molecule has 2 aromatic heterocycles. The number of furan rings is 2. The van der Waals surface area contributed by atoms with Gasteiger partial charge in [0.15, 0.2) is 0 Å². The minimum absolute atomic E-state index is 0.473. The number of benzene rings is 17. The van der Waals surface area contributed by atoms with Gasteiger partial charge in [-0.1, -0.05) is 286 Å². The highest BCUT2D eigenvalue weighted by Crippen LogP contribution is 2.54. The third-order valence-electron chi connectivity index (χ3n) is 16.2. The van der Waals surface area contributed by atoms with Crippen LogP contribution in [0.15, 0.2) is 323 Å². The molecule has 93 heavy (non-hydrogen) atoms. The largest absolute Gasteiger partial charge is 0.456 e. The lowest BCUT2D eigenvalue weighted by molar-refractivity contribution is 0.661. The van der Waals surface area contributed by atoms with Crippen LogP contribution in [0.4, 0.5) is 0 Å². The van der Waals surface area contributed by atoms with Gasteiger partial charge in [-0.3, -0.25) is 0 Å². The lowest BCUT2D eigenvalue weighted by Crippen LogP contribution is -2.15. The van der Waals surface area contributed by atoms with Gasteiger partial charge >= 0.3 is 0 Å². The maximum Gasteiger partial charge on any atom is 0.136 e. The molecule has 1 unspecified atom stereocenters. The standard InChI is InChI=1S/C47H32O.C44H26O/c1-47(2)40-27-30(29-13-4-3-5-14-29)23-25-32(40)33-26-24-31(28-41(33)47)44-34-15-6-8-17-36(34)45(37-18-9-7-16-35(37)44)39-20-12-22-43-46(39)38-19-10-11-21-42(38)48-43;1-2-13-29-27(12-1)24-25-28-26-38(30-14-3-4-15-31(30)41(28)29)43-34-18-7-5-16-32(34)42(33-17-6-8-19-35(33)43)37-21-11-23-40-44(37)36-20-9-10-22-39(36)45-40/h3-28H,1-2H3;1-26H/i1D3,3D,4D,5D,6D,7D,8D,9D,10D,11D,12D,13D,14D,15D,16D,17D,18D,19D,20D,21D,22D,23D,24D,25D,26D,27D,28D;1D,2D,3D,4D,5D,6D,7D,8D,9D,10D,11D,12D,13D,14D,15D,16D,17D,18D,19D,20D,21D,22D,23D,24D,25D,26D. The summed E-state index contributed by atoms with van der Waals surface area (Å²) in [5.74, 6) is 0. The fourth-order valence-corrected chi connectivity index (χ4v) is 12.3. The molecule has 0 fully saturated rings. The number of rotatable bonds is 5. The molecule has 2 heteroatoms. The molecule has 1 aliphatic rings. The predicted octanol–water partition coefficient (Wildman–Crippen LogP) is 25.9. The second kappa shape index (κ2) is 20.6. The Morgan fingerprint density at radius 3 is 1.15 bits per heavy atom. The van der Waals surface area contributed by atoms with E-state index in [-0.39, 0.29) is 0 Å². The Bertz CT molecular complexity index is 9540. The second-order valence-corrected chi connectivity index (χ2v) is 21.1. The van der Waals surface area contributed by atoms with Crippen molar-refractivity contribution in [3.63, 3.8) is 0 Å². The monoisotopic (exact) mass is 1240 g/mol. The summed E-state index contributed by atoms with van der Waals surface area (Å²) in [6.45, 7) is -2.48. The average Bonchev–Trinajstić information content (AvgIpc) is 1.65. The highest BCUT2D eigenvalue weighted by atomic mass is 16.3. The maximum atomic E-state index is 10.1. The predicted molar refractivity (Wildman–Crippen MR) is 395 cm³/mol. The van der Waals surface area contributed by atoms with E-state index in [2.05, 4.69) is 0 Å². The first-order chi connectivity index (χ1) is 68.8. The molecule has 0 amide bonds. The van der Waals surface area contributed by atoms with Gasteiger partial charge in [0.2, 0.25) is 0 Å². The molecule has 2 heterocycles. The SMILES string of the molecule is [2H]c1c([2H])c([2H])c(-c2c([2H])c([2H])c3c(c2[2H])C(C)(C([2H])([2H])[2H])c2c([2H])c(-c4c5c([2H])c([2H])c([2H])c([2H])c5c(-c5c([2H])c([2H])c([2H])c6oc7c([2H])c([2H])c([2H])c([2H])c7c56)c5c([2H])c([2H])c([2H])c([2H])c45)c([2H])c([2H])c2-3)c([2H])c1[2H].[2H]c1c([2H])c([2H])c2c(oc3c([2H])c([2H])c([2H])c(-c4c5c([2H])c([2H])c([2H])c([2H])c5c(-c5c([2H])c6c([2H])c([2H])c7c([2H])c([2H])c([2H])c([2H])c7c6c6c([2H])c([2H])c([2H])c([2H])c56)c5c([2H])c([2H])c([2H])c([2H])c45)c32)c1[2H]. The molecule has 0 bridgehead atoms. The van der Waals surface area contributed by atoms with Crippen LogP contribution in [0.3, 0.4) is 0 Å². The van der Waals surface area contributed by atoms with E-state index in [1.807, 2.05) is 0 Å². The first-order valence-corrected chi connectivity index (χ1v) is 27.8. The van der Waals surface area contributed by atoms with E-state index in [1.165, 1.54) is 0 Å². The third kappa shape index (κ3) is 8.02. The minimum atomic E-state index is -3.46. The maximum absolute atomic E-state index is 10.1. The summed E-state index contributed by atoms with van der Waals surface area (Å²) in [5, 5.41) is -11.4. The normalized spacial score (nSPS) is 22.2. The lowest BCUT2D eigenvalue weighted by Gasteiger charge is -2.23. The van der Waals surface area contributed by atoms with Gasteiger partial charge in [-0.05, 0) is 196 Å². The Balaban J connectivity index is 0.000000187. The van der Waals surface area contributed by atoms with Crippen molar-refractivity contribution in [2.45, 2.75) is 19.2 Å². The van der Waals surface area contributed by atoms with Crippen LogP contribution in [0.25, 0.3) is 186 Å². The highest BCUT2D eigenvalue weighted by molar-refractivity contribution is 6.31. The van der Waals surface area contributed by atoms with Crippen molar-refractivity contribution in [1.29, 1.82) is 0 Å². The van der Waals surface area contributed by atoms with Gasteiger partial charge < -0.3 is 8.83 Å². The van der Waals surface area contributed by atoms with E-state index in [4.69, 9.17) is 58.2 Å². The number of para-hydroxylation sites is 2. The molecule has 0 spiro atoms. The fraction of sp³-hybridized carbons (Fsp3) is 0.0330. The van der Waals surface area contributed by atoms with Crippen LogP contribution in [0, 0.1) is 0 Å². The van der Waals surface area contributed by atoms with Gasteiger partial charge in [0.25, 0.3) is 0 Å². The molecule has 17 aromatic carbocycles. The first kappa shape index (κ1) is 21.9. The molecule has 1 aliphatic carbocycles. The molecule has 0 radical (unpaired) electrons. The molecule has 1 atom stereocenters. The molecular formula is C91H58O2. The quantitative estimate of drug-likeness (QED) is 0.127. The van der Waals surface area contributed by atoms with Crippen molar-refractivity contribution in [3.8, 4) is 66.8 Å². The van der Waals surface area contributed by atoms with Crippen LogP contribution in [0.2, 0.25) is 0 Å². The Kier molecular flexibility index (Phi) is 4.86. The van der Waals surface area contributed by atoms with Crippen molar-refractivity contribution in [2.75, 3.05) is 0 Å². The second-order valence-electron chi connectivity index (χ2n) is 21.1. The topological polar surface area (TPSA) is 26.3 Å². The van der Waals surface area contributed by atoms with E-state index in [0.717, 1.165) is 6.92 Å². The van der Waals surface area contributed by atoms with Crippen molar-refractivity contribution in [2.24, 2.45) is 0 Å². The zero-order chi connectivity index (χ0) is 109. The van der Waals surface area contributed by atoms with Crippen molar-refractivity contribution in [1.82, 2.24) is 0 Å². The fourth-order valence-electron chi connectivity index (χ4n) is 12.3. The molecule has 2 nitrogen and oxygen atoms in total. The zero-order valence-corrected chi connectivity index (χ0v) is 46.8. The molecule has 0 saturated carbocycles. The summed E-state index contributed by atoms with van der Waals surface area (Å²) in [6, 6.07) is -48.0. The molecular weight excluding hydrogens is 1120 g/mol. The summed E-state index contributed by atoms with van der Waals surface area (Å²) in [6.07, 6.45) is 0. The summed E-state index contributed by atoms with van der Waals surface area (Å²) in [7, 11) is 0. The van der Waals surface area contributed by atoms with E-state index >= 15 is 0 Å². The smallest absolute Gasteiger partial charge is 0.136 e. The van der Waals surface area contributed by atoms with Gasteiger partial charge in [-0.15, -0.1) is 0 Å². The van der Waals surface area contributed by atoms with Gasteiger partial charge in [0.1, 0.15) is 22.3 Å². The van der Waals surface area contributed by atoms with Gasteiger partial charge in [-0.25, -0.2) is 0 Å². The van der Waals surface area contributed by atoms with E-state index in [0.29, 0.717) is 0 Å². The van der Waals surface area contributed by atoms with Gasteiger partial charge in [0.05, 0.1) is 71.3 Å². The molecule has 19 aromatic rings. The van der Waals surface area contributed by atoms with Crippen LogP contribution in [-0.4, -0.2) is 0 Å². The van der Waals surface area contributed by atoms with Crippen LogP contribution < -0.4 is 0 Å². The summed E-state index contributed by atoms with van der Waals surface area (Å²) in [5.41, 5.74) is -15.2. The highest BCUT2D eigenvalue weighted by Gasteiger charge is 2.36. The van der Waals surface area contributed by atoms with Crippen LogP contribution in [0.5, 0.6) is 0 Å². The molecule has 0 aliphatic heterocycles. The van der Waals surface area contributed by atoms with Gasteiger partial charge in [0, 0.05) is 31.1 Å². The third-order valence-corrected chi connectivity index (χ3v) is 16.2. The van der Waals surface area contributed by atoms with Crippen LogP contribution in [-0.2, 0) is 5.41 Å². The van der Waals surface area contributed by atoms with E-state index < -0.39 is 524 Å². The van der Waals surface area contributed by atoms with Crippen molar-refractivity contribution >= 4 is 119 Å². The average molecular weight is 1240 g/mol. The van der Waals surface area contributed by atoms with Crippen LogP contribution >= 0.6 is 0 Å². The molecule has 20 rings (SSSR count). The molecule has 434 valence electrons. The Morgan fingerprint density at radius 2 is 0.634 bits per heavy atom. The zero-order valence-electron chi connectivity index (χ0n) is 102. The number of hydrogen-bond donors (Lipinski definition) is 0. The van der Waals surface area contributed by atoms with Gasteiger partial charge in [-0.2, -0.15) is 0 Å². The minimum Gasteiger partial charge on any atom is -0.456 e. The Hall–Kier alpha value is -11.8.